The lowest BCUT2D eigenvalue weighted by Crippen LogP contribution is -2.24. The summed E-state index contributed by atoms with van der Waals surface area (Å²) in [5.41, 5.74) is 3.52. The predicted molar refractivity (Wildman–Crippen MR) is 60.6 cm³/mol. The van der Waals surface area contributed by atoms with Crippen LogP contribution in [0.25, 0.3) is 5.69 Å². The number of rotatable bonds is 1. The first kappa shape index (κ1) is 9.42. The Hall–Kier alpha value is -1.81. The van der Waals surface area contributed by atoms with Crippen LogP contribution in [0.2, 0.25) is 0 Å². The molecule has 4 nitrogen and oxygen atoms in total. The Bertz CT molecular complexity index is 501. The number of hydrogen-bond acceptors (Lipinski definition) is 3. The van der Waals surface area contributed by atoms with Crippen molar-refractivity contribution in [2.75, 3.05) is 6.54 Å². The Morgan fingerprint density at radius 1 is 1.25 bits per heavy atom. The van der Waals surface area contributed by atoms with Crippen molar-refractivity contribution in [2.24, 2.45) is 0 Å². The molecule has 0 atom stereocenters. The summed E-state index contributed by atoms with van der Waals surface area (Å²) >= 11 is 0. The largest absolute Gasteiger partial charge is 0.508 e. The molecule has 0 spiro atoms. The molecule has 1 aromatic heterocycles. The van der Waals surface area contributed by atoms with Crippen LogP contribution in [0, 0.1) is 0 Å². The van der Waals surface area contributed by atoms with Crippen molar-refractivity contribution in [2.45, 2.75) is 13.0 Å². The monoisotopic (exact) mass is 215 g/mol. The maximum Gasteiger partial charge on any atom is 0.115 e. The van der Waals surface area contributed by atoms with Crippen molar-refractivity contribution in [3.05, 3.63) is 41.7 Å². The van der Waals surface area contributed by atoms with Gasteiger partial charge in [0.2, 0.25) is 0 Å². The van der Waals surface area contributed by atoms with Crippen LogP contribution in [0.4, 0.5) is 0 Å². The minimum atomic E-state index is 0.280. The number of hydrogen-bond donors (Lipinski definition) is 2. The smallest absolute Gasteiger partial charge is 0.115 e. The number of benzene rings is 1. The van der Waals surface area contributed by atoms with Gasteiger partial charge in [0.05, 0.1) is 17.6 Å². The molecule has 0 unspecified atom stereocenters. The van der Waals surface area contributed by atoms with Crippen LogP contribution in [0.5, 0.6) is 5.75 Å². The molecule has 2 heterocycles. The SMILES string of the molecule is Oc1ccc(-n2ncc3c2CNCC3)cc1. The molecule has 0 saturated heterocycles. The Labute approximate surface area is 93.5 Å². The zero-order chi connectivity index (χ0) is 11.0. The Morgan fingerprint density at radius 3 is 2.88 bits per heavy atom. The molecule has 3 rings (SSSR count). The molecule has 0 saturated carbocycles. The molecule has 2 aromatic rings. The van der Waals surface area contributed by atoms with Gasteiger partial charge in [0.25, 0.3) is 0 Å². The summed E-state index contributed by atoms with van der Waals surface area (Å²) in [6, 6.07) is 7.10. The second-order valence-electron chi connectivity index (χ2n) is 3.97. The third-order valence-corrected chi connectivity index (χ3v) is 2.91. The summed E-state index contributed by atoms with van der Waals surface area (Å²) in [7, 11) is 0. The lowest BCUT2D eigenvalue weighted by molar-refractivity contribution is 0.475. The van der Waals surface area contributed by atoms with Crippen LogP contribution in [0.15, 0.2) is 30.5 Å². The van der Waals surface area contributed by atoms with Crippen molar-refractivity contribution in [1.82, 2.24) is 15.1 Å². The Balaban J connectivity index is 2.06. The highest BCUT2D eigenvalue weighted by Gasteiger charge is 2.15. The first-order valence-corrected chi connectivity index (χ1v) is 5.40. The molecular formula is C12H13N3O. The van der Waals surface area contributed by atoms with Gasteiger partial charge in [-0.25, -0.2) is 4.68 Å². The standard InChI is InChI=1S/C12H13N3O/c16-11-3-1-10(2-4-11)15-12-8-13-6-5-9(12)7-14-15/h1-4,7,13,16H,5-6,8H2. The van der Waals surface area contributed by atoms with E-state index < -0.39 is 0 Å². The van der Waals surface area contributed by atoms with E-state index in [9.17, 15) is 5.11 Å². The minimum absolute atomic E-state index is 0.280. The van der Waals surface area contributed by atoms with Gasteiger partial charge in [-0.05, 0) is 42.8 Å². The van der Waals surface area contributed by atoms with Crippen LogP contribution >= 0.6 is 0 Å². The second kappa shape index (κ2) is 3.64. The highest BCUT2D eigenvalue weighted by molar-refractivity contribution is 5.39. The number of phenols is 1. The molecule has 2 N–H and O–H groups in total. The van der Waals surface area contributed by atoms with Gasteiger partial charge in [0.1, 0.15) is 5.75 Å². The van der Waals surface area contributed by atoms with E-state index in [1.807, 2.05) is 23.0 Å². The van der Waals surface area contributed by atoms with Gasteiger partial charge < -0.3 is 10.4 Å². The third kappa shape index (κ3) is 1.47. The topological polar surface area (TPSA) is 50.1 Å². The number of fused-ring (bicyclic) bond motifs is 1. The molecule has 4 heteroatoms. The van der Waals surface area contributed by atoms with Gasteiger partial charge >= 0.3 is 0 Å². The average Bonchev–Trinajstić information content (AvgIpc) is 2.74. The number of nitrogens with zero attached hydrogens (tertiary/aromatic N) is 2. The second-order valence-corrected chi connectivity index (χ2v) is 3.97. The Kier molecular flexibility index (Phi) is 2.15. The molecule has 0 aliphatic carbocycles. The van der Waals surface area contributed by atoms with Gasteiger partial charge in [-0.1, -0.05) is 0 Å². The van der Waals surface area contributed by atoms with E-state index in [4.69, 9.17) is 0 Å². The molecule has 16 heavy (non-hydrogen) atoms. The highest BCUT2D eigenvalue weighted by atomic mass is 16.3. The average molecular weight is 215 g/mol. The summed E-state index contributed by atoms with van der Waals surface area (Å²) in [6.07, 6.45) is 2.97. The molecule has 0 amide bonds. The first-order valence-electron chi connectivity index (χ1n) is 5.40. The summed E-state index contributed by atoms with van der Waals surface area (Å²) in [5.74, 6) is 0.280. The lowest BCUT2D eigenvalue weighted by Gasteiger charge is -2.15. The number of nitrogens with one attached hydrogen (secondary N) is 1. The predicted octanol–water partition coefficient (Wildman–Crippen LogP) is 1.22. The molecular weight excluding hydrogens is 202 g/mol. The van der Waals surface area contributed by atoms with Crippen LogP contribution in [-0.4, -0.2) is 21.4 Å². The maximum absolute atomic E-state index is 9.25. The number of aromatic nitrogens is 2. The molecule has 1 aromatic carbocycles. The fourth-order valence-electron chi connectivity index (χ4n) is 2.05. The van der Waals surface area contributed by atoms with Crippen LogP contribution in [0.3, 0.4) is 0 Å². The van der Waals surface area contributed by atoms with Crippen molar-refractivity contribution < 1.29 is 5.11 Å². The lowest BCUT2D eigenvalue weighted by atomic mass is 10.1. The van der Waals surface area contributed by atoms with Gasteiger partial charge in [-0.2, -0.15) is 5.10 Å². The highest BCUT2D eigenvalue weighted by Crippen LogP contribution is 2.19. The summed E-state index contributed by atoms with van der Waals surface area (Å²) in [4.78, 5) is 0. The summed E-state index contributed by atoms with van der Waals surface area (Å²) in [5, 5.41) is 17.0. The van der Waals surface area contributed by atoms with E-state index in [1.54, 1.807) is 12.1 Å². The van der Waals surface area contributed by atoms with Gasteiger partial charge in [-0.3, -0.25) is 0 Å². The summed E-state index contributed by atoms with van der Waals surface area (Å²) < 4.78 is 1.93. The quantitative estimate of drug-likeness (QED) is 0.752. The number of phenolic OH excluding ortho intramolecular Hbond substituents is 1. The Morgan fingerprint density at radius 2 is 2.06 bits per heavy atom. The fourth-order valence-corrected chi connectivity index (χ4v) is 2.05. The van der Waals surface area contributed by atoms with Crippen molar-refractivity contribution in [3.8, 4) is 11.4 Å². The van der Waals surface area contributed by atoms with E-state index in [0.29, 0.717) is 0 Å². The van der Waals surface area contributed by atoms with Gasteiger partial charge in [0, 0.05) is 6.54 Å². The molecule has 0 bridgehead atoms. The van der Waals surface area contributed by atoms with Crippen molar-refractivity contribution >= 4 is 0 Å². The first-order chi connectivity index (χ1) is 7.84. The molecule has 82 valence electrons. The zero-order valence-electron chi connectivity index (χ0n) is 8.85. The van der Waals surface area contributed by atoms with Crippen LogP contribution < -0.4 is 5.32 Å². The molecule has 1 aliphatic rings. The van der Waals surface area contributed by atoms with Crippen molar-refractivity contribution in [1.29, 1.82) is 0 Å². The maximum atomic E-state index is 9.25. The molecule has 1 aliphatic heterocycles. The van der Waals surface area contributed by atoms with E-state index >= 15 is 0 Å². The third-order valence-electron chi connectivity index (χ3n) is 2.91. The van der Waals surface area contributed by atoms with Gasteiger partial charge in [0.15, 0.2) is 0 Å². The van der Waals surface area contributed by atoms with Gasteiger partial charge in [-0.15, -0.1) is 0 Å². The van der Waals surface area contributed by atoms with Crippen LogP contribution in [0.1, 0.15) is 11.3 Å². The van der Waals surface area contributed by atoms with E-state index in [2.05, 4.69) is 10.4 Å². The normalized spacial score (nSPS) is 14.8. The summed E-state index contributed by atoms with van der Waals surface area (Å²) in [6.45, 7) is 1.88. The van der Waals surface area contributed by atoms with E-state index in [-0.39, 0.29) is 5.75 Å². The number of aromatic hydroxyl groups is 1. The molecule has 0 fully saturated rings. The van der Waals surface area contributed by atoms with Crippen molar-refractivity contribution in [3.63, 3.8) is 0 Å². The van der Waals surface area contributed by atoms with Crippen LogP contribution in [-0.2, 0) is 13.0 Å². The zero-order valence-corrected chi connectivity index (χ0v) is 8.85. The van der Waals surface area contributed by atoms with E-state index in [0.717, 1.165) is 25.2 Å². The minimum Gasteiger partial charge on any atom is -0.508 e. The van der Waals surface area contributed by atoms with E-state index in [1.165, 1.54) is 11.3 Å². The fraction of sp³-hybridized carbons (Fsp3) is 0.250. The molecule has 0 radical (unpaired) electrons.